The van der Waals surface area contributed by atoms with E-state index < -0.39 is 0 Å². The van der Waals surface area contributed by atoms with Gasteiger partial charge in [0.25, 0.3) is 0 Å². The minimum Gasteiger partial charge on any atom is -0.492 e. The molecule has 3 aromatic carbocycles. The third kappa shape index (κ3) is 6.44. The van der Waals surface area contributed by atoms with Gasteiger partial charge in [0, 0.05) is 24.3 Å². The first-order valence-corrected chi connectivity index (χ1v) is 12.8. The zero-order valence-electron chi connectivity index (χ0n) is 19.9. The second-order valence-electron chi connectivity index (χ2n) is 8.90. The normalized spacial score (nSPS) is 15.4. The molecule has 0 saturated carbocycles. The summed E-state index contributed by atoms with van der Waals surface area (Å²) < 4.78 is 6.46. The fraction of sp³-hybridized carbons (Fsp3) is 0.267. The van der Waals surface area contributed by atoms with E-state index in [4.69, 9.17) is 4.74 Å². The maximum absolute atomic E-state index is 6.46. The number of nitrogens with one attached hydrogen (secondary N) is 1. The van der Waals surface area contributed by atoms with Crippen LogP contribution in [0.4, 0.5) is 0 Å². The molecule has 0 spiro atoms. The molecule has 33 heavy (non-hydrogen) atoms. The molecule has 170 valence electrons. The zero-order valence-corrected chi connectivity index (χ0v) is 20.9. The molecule has 0 aromatic heterocycles. The molecule has 2 nitrogen and oxygen atoms in total. The Morgan fingerprint density at radius 2 is 1.76 bits per heavy atom. The molecular weight excluding hydrogens is 421 g/mol. The largest absolute Gasteiger partial charge is 0.492 e. The quantitative estimate of drug-likeness (QED) is 0.397. The van der Waals surface area contributed by atoms with Gasteiger partial charge in [-0.2, -0.15) is 0 Å². The van der Waals surface area contributed by atoms with Crippen molar-refractivity contribution in [3.05, 3.63) is 113 Å². The SMILES string of the molecule is Cc1cc(C)c(OCC2C=CC=CC2)c(Pc2c(C)cccc2CNCc2ccccc2)c1. The Hall–Kier alpha value is -2.67. The van der Waals surface area contributed by atoms with E-state index in [1.165, 1.54) is 38.4 Å². The van der Waals surface area contributed by atoms with Crippen LogP contribution in [0.15, 0.2) is 85.0 Å². The van der Waals surface area contributed by atoms with Crippen LogP contribution in [-0.4, -0.2) is 6.61 Å². The summed E-state index contributed by atoms with van der Waals surface area (Å²) in [5.41, 5.74) is 6.55. The summed E-state index contributed by atoms with van der Waals surface area (Å²) in [5, 5.41) is 6.37. The van der Waals surface area contributed by atoms with Crippen LogP contribution in [0.5, 0.6) is 5.75 Å². The van der Waals surface area contributed by atoms with Crippen LogP contribution in [-0.2, 0) is 13.1 Å². The average Bonchev–Trinajstić information content (AvgIpc) is 2.82. The molecular formula is C30H34NOP. The van der Waals surface area contributed by atoms with E-state index in [1.807, 2.05) is 0 Å². The Kier molecular flexibility index (Phi) is 8.15. The summed E-state index contributed by atoms with van der Waals surface area (Å²) >= 11 is 0. The first kappa shape index (κ1) is 23.5. The molecule has 3 aromatic rings. The lowest BCUT2D eigenvalue weighted by Crippen LogP contribution is -2.21. The number of hydrogen-bond donors (Lipinski definition) is 1. The topological polar surface area (TPSA) is 21.3 Å². The maximum atomic E-state index is 6.46. The molecule has 0 heterocycles. The molecule has 0 radical (unpaired) electrons. The van der Waals surface area contributed by atoms with E-state index in [2.05, 4.69) is 111 Å². The van der Waals surface area contributed by atoms with Gasteiger partial charge in [-0.3, -0.25) is 0 Å². The highest BCUT2D eigenvalue weighted by Gasteiger charge is 2.15. The van der Waals surface area contributed by atoms with E-state index in [0.717, 1.165) is 31.9 Å². The van der Waals surface area contributed by atoms with Crippen molar-refractivity contribution < 1.29 is 4.74 Å². The molecule has 0 bridgehead atoms. The van der Waals surface area contributed by atoms with Crippen LogP contribution in [0, 0.1) is 26.7 Å². The number of rotatable bonds is 9. The Labute approximate surface area is 200 Å². The van der Waals surface area contributed by atoms with Gasteiger partial charge >= 0.3 is 0 Å². The number of hydrogen-bond acceptors (Lipinski definition) is 2. The lowest BCUT2D eigenvalue weighted by molar-refractivity contribution is 0.276. The van der Waals surface area contributed by atoms with Gasteiger partial charge in [0.1, 0.15) is 5.75 Å². The third-order valence-corrected chi connectivity index (χ3v) is 7.64. The van der Waals surface area contributed by atoms with Crippen molar-refractivity contribution in [3.63, 3.8) is 0 Å². The fourth-order valence-corrected chi connectivity index (χ4v) is 5.88. The summed E-state index contributed by atoms with van der Waals surface area (Å²) in [7, 11) is 0.566. The second kappa shape index (κ2) is 11.5. The van der Waals surface area contributed by atoms with Gasteiger partial charge in [-0.15, -0.1) is 0 Å². The summed E-state index contributed by atoms with van der Waals surface area (Å²) in [6, 6.07) is 21.8. The van der Waals surface area contributed by atoms with E-state index >= 15 is 0 Å². The van der Waals surface area contributed by atoms with Gasteiger partial charge < -0.3 is 10.1 Å². The van der Waals surface area contributed by atoms with Crippen LogP contribution in [0.25, 0.3) is 0 Å². The summed E-state index contributed by atoms with van der Waals surface area (Å²) in [6.45, 7) is 9.04. The van der Waals surface area contributed by atoms with Crippen molar-refractivity contribution in [1.82, 2.24) is 5.32 Å². The van der Waals surface area contributed by atoms with E-state index in [1.54, 1.807) is 0 Å². The van der Waals surface area contributed by atoms with Crippen molar-refractivity contribution >= 4 is 19.2 Å². The minimum absolute atomic E-state index is 0.447. The fourth-order valence-electron chi connectivity index (χ4n) is 4.31. The van der Waals surface area contributed by atoms with Crippen molar-refractivity contribution in [2.24, 2.45) is 5.92 Å². The molecule has 2 unspecified atom stereocenters. The molecule has 0 saturated heterocycles. The van der Waals surface area contributed by atoms with Crippen LogP contribution in [0.2, 0.25) is 0 Å². The monoisotopic (exact) mass is 455 g/mol. The Bertz CT molecular complexity index is 1130. The van der Waals surface area contributed by atoms with Gasteiger partial charge in [0.2, 0.25) is 0 Å². The van der Waals surface area contributed by atoms with Gasteiger partial charge in [0.15, 0.2) is 0 Å². The van der Waals surface area contributed by atoms with Crippen molar-refractivity contribution in [1.29, 1.82) is 0 Å². The van der Waals surface area contributed by atoms with Crippen LogP contribution in [0.1, 0.15) is 34.2 Å². The Morgan fingerprint density at radius 3 is 2.55 bits per heavy atom. The highest BCUT2D eigenvalue weighted by molar-refractivity contribution is 7.56. The van der Waals surface area contributed by atoms with Crippen LogP contribution in [0.3, 0.4) is 0 Å². The minimum atomic E-state index is 0.447. The lowest BCUT2D eigenvalue weighted by atomic mass is 10.0. The van der Waals surface area contributed by atoms with Crippen molar-refractivity contribution in [2.45, 2.75) is 40.3 Å². The third-order valence-electron chi connectivity index (χ3n) is 6.04. The first-order chi connectivity index (χ1) is 16.1. The molecule has 2 atom stereocenters. The molecule has 0 aliphatic heterocycles. The van der Waals surface area contributed by atoms with Gasteiger partial charge in [-0.1, -0.05) is 87.5 Å². The van der Waals surface area contributed by atoms with Crippen molar-refractivity contribution in [3.8, 4) is 5.75 Å². The maximum Gasteiger partial charge on any atom is 0.129 e. The predicted molar refractivity (Wildman–Crippen MR) is 144 cm³/mol. The van der Waals surface area contributed by atoms with Gasteiger partial charge in [-0.25, -0.2) is 0 Å². The summed E-state index contributed by atoms with van der Waals surface area (Å²) in [6.07, 6.45) is 9.77. The molecule has 4 rings (SSSR count). The first-order valence-electron chi connectivity index (χ1n) is 11.8. The summed E-state index contributed by atoms with van der Waals surface area (Å²) in [5.74, 6) is 1.51. The van der Waals surface area contributed by atoms with E-state index in [0.29, 0.717) is 14.5 Å². The van der Waals surface area contributed by atoms with Gasteiger partial charge in [0.05, 0.1) is 6.61 Å². The summed E-state index contributed by atoms with van der Waals surface area (Å²) in [4.78, 5) is 0. The smallest absolute Gasteiger partial charge is 0.129 e. The molecule has 0 fully saturated rings. The van der Waals surface area contributed by atoms with E-state index in [9.17, 15) is 0 Å². The predicted octanol–water partition coefficient (Wildman–Crippen LogP) is 6.04. The number of ether oxygens (including phenoxy) is 1. The number of allylic oxidation sites excluding steroid dienone is 3. The van der Waals surface area contributed by atoms with Crippen molar-refractivity contribution in [2.75, 3.05) is 6.61 Å². The zero-order chi connectivity index (χ0) is 23.0. The highest BCUT2D eigenvalue weighted by atomic mass is 31.1. The number of benzene rings is 3. The van der Waals surface area contributed by atoms with E-state index in [-0.39, 0.29) is 0 Å². The number of aryl methyl sites for hydroxylation is 3. The van der Waals surface area contributed by atoms with Crippen LogP contribution < -0.4 is 20.7 Å². The molecule has 1 aliphatic rings. The second-order valence-corrected chi connectivity index (χ2v) is 10.2. The Balaban J connectivity index is 1.52. The molecule has 0 amide bonds. The lowest BCUT2D eigenvalue weighted by Gasteiger charge is -2.20. The molecule has 3 heteroatoms. The van der Waals surface area contributed by atoms with Crippen LogP contribution >= 0.6 is 8.58 Å². The molecule has 1 N–H and O–H groups in total. The molecule has 1 aliphatic carbocycles. The highest BCUT2D eigenvalue weighted by Crippen LogP contribution is 2.28. The standard InChI is InChI=1S/C30H34NOP/c1-22-17-24(3)29(32-21-26-14-8-5-9-15-26)28(18-22)33-30-23(2)11-10-16-27(30)20-31-19-25-12-6-4-7-13-25/h4-14,16-18,26,31,33H,15,19-21H2,1-3H3. The van der Waals surface area contributed by atoms with Gasteiger partial charge in [-0.05, 0) is 66.4 Å². The average molecular weight is 456 g/mol. The Morgan fingerprint density at radius 1 is 0.909 bits per heavy atom.